The van der Waals surface area contributed by atoms with E-state index in [0.29, 0.717) is 6.54 Å². The van der Waals surface area contributed by atoms with Crippen LogP contribution in [0, 0.1) is 5.92 Å². The minimum atomic E-state index is -0.489. The number of amides is 2. The molecular weight excluding hydrogens is 182 g/mol. The van der Waals surface area contributed by atoms with E-state index in [2.05, 4.69) is 5.32 Å². The molecule has 0 aromatic heterocycles. The van der Waals surface area contributed by atoms with E-state index >= 15 is 0 Å². The summed E-state index contributed by atoms with van der Waals surface area (Å²) >= 11 is 0. The van der Waals surface area contributed by atoms with E-state index in [1.54, 1.807) is 7.05 Å². The van der Waals surface area contributed by atoms with Crippen LogP contribution >= 0.6 is 0 Å². The normalized spacial score (nSPS) is 12.2. The van der Waals surface area contributed by atoms with Crippen molar-refractivity contribution in [2.24, 2.45) is 11.7 Å². The summed E-state index contributed by atoms with van der Waals surface area (Å²) in [5, 5.41) is 3.07. The summed E-state index contributed by atoms with van der Waals surface area (Å²) in [6.45, 7) is 5.23. The largest absolute Gasteiger partial charge is 0.368 e. The van der Waals surface area contributed by atoms with Crippen LogP contribution in [0.25, 0.3) is 0 Å². The van der Waals surface area contributed by atoms with Crippen LogP contribution in [0.3, 0.4) is 0 Å². The molecule has 0 saturated heterocycles. The van der Waals surface area contributed by atoms with Crippen LogP contribution in [-0.2, 0) is 9.59 Å². The first-order chi connectivity index (χ1) is 6.49. The van der Waals surface area contributed by atoms with Crippen molar-refractivity contribution >= 4 is 11.8 Å². The van der Waals surface area contributed by atoms with Crippen LogP contribution in [0.15, 0.2) is 0 Å². The molecule has 0 aromatic rings. The van der Waals surface area contributed by atoms with Gasteiger partial charge in [-0.2, -0.15) is 0 Å². The Bertz CT molecular complexity index is 206. The Kier molecular flexibility index (Phi) is 5.87. The molecule has 0 spiro atoms. The zero-order chi connectivity index (χ0) is 11.1. The molecule has 0 heterocycles. The number of likely N-dealkylation sites (N-methyl/N-ethyl adjacent to an activating group) is 1. The molecule has 14 heavy (non-hydrogen) atoms. The molecule has 3 N–H and O–H groups in total. The number of hydrogen-bond donors (Lipinski definition) is 2. The maximum absolute atomic E-state index is 11.6. The zero-order valence-corrected chi connectivity index (χ0v) is 9.04. The second kappa shape index (κ2) is 6.37. The Morgan fingerprint density at radius 1 is 1.50 bits per heavy atom. The van der Waals surface area contributed by atoms with E-state index in [9.17, 15) is 9.59 Å². The molecule has 5 heteroatoms. The van der Waals surface area contributed by atoms with Crippen molar-refractivity contribution in [1.29, 1.82) is 0 Å². The summed E-state index contributed by atoms with van der Waals surface area (Å²) in [4.78, 5) is 23.5. The first-order valence-electron chi connectivity index (χ1n) is 4.73. The number of carbonyl (C=O) groups is 2. The van der Waals surface area contributed by atoms with Gasteiger partial charge in [0.2, 0.25) is 11.8 Å². The molecule has 0 aliphatic rings. The number of nitrogens with one attached hydrogen (secondary N) is 1. The molecule has 2 amide bonds. The van der Waals surface area contributed by atoms with Crippen LogP contribution in [0.1, 0.15) is 13.8 Å². The van der Waals surface area contributed by atoms with Crippen molar-refractivity contribution < 1.29 is 9.59 Å². The van der Waals surface area contributed by atoms with Crippen molar-refractivity contribution in [2.75, 3.05) is 26.7 Å². The Morgan fingerprint density at radius 2 is 2.07 bits per heavy atom. The molecule has 0 aromatic carbocycles. The van der Waals surface area contributed by atoms with E-state index in [4.69, 9.17) is 5.73 Å². The van der Waals surface area contributed by atoms with Crippen LogP contribution in [-0.4, -0.2) is 43.4 Å². The van der Waals surface area contributed by atoms with E-state index in [1.165, 1.54) is 4.90 Å². The Morgan fingerprint density at radius 3 is 2.50 bits per heavy atom. The molecule has 1 atom stereocenters. The van der Waals surface area contributed by atoms with Gasteiger partial charge in [0.25, 0.3) is 0 Å². The zero-order valence-electron chi connectivity index (χ0n) is 9.04. The maximum Gasteiger partial charge on any atom is 0.237 e. The number of carbonyl (C=O) groups excluding carboxylic acids is 2. The van der Waals surface area contributed by atoms with E-state index in [-0.39, 0.29) is 18.4 Å². The summed E-state index contributed by atoms with van der Waals surface area (Å²) in [6.07, 6.45) is 0. The van der Waals surface area contributed by atoms with Crippen LogP contribution in [0.5, 0.6) is 0 Å². The Labute approximate surface area is 84.6 Å². The van der Waals surface area contributed by atoms with Gasteiger partial charge in [-0.3, -0.25) is 9.59 Å². The van der Waals surface area contributed by atoms with Crippen molar-refractivity contribution in [3.8, 4) is 0 Å². The molecular formula is C9H19N3O2. The van der Waals surface area contributed by atoms with E-state index in [0.717, 1.165) is 6.54 Å². The molecule has 1 unspecified atom stereocenters. The third-order valence-electron chi connectivity index (χ3n) is 1.89. The molecule has 0 saturated carbocycles. The molecule has 0 fully saturated rings. The average molecular weight is 201 g/mol. The predicted octanol–water partition coefficient (Wildman–Crippen LogP) is -0.824. The third kappa shape index (κ3) is 4.81. The lowest BCUT2D eigenvalue weighted by molar-refractivity contribution is -0.136. The molecule has 0 aliphatic carbocycles. The van der Waals surface area contributed by atoms with Gasteiger partial charge in [0, 0.05) is 19.5 Å². The first kappa shape index (κ1) is 12.9. The highest BCUT2D eigenvalue weighted by Crippen LogP contribution is 1.98. The number of nitrogens with zero attached hydrogens (tertiary/aromatic N) is 1. The minimum Gasteiger partial charge on any atom is -0.368 e. The lowest BCUT2D eigenvalue weighted by atomic mass is 10.1. The van der Waals surface area contributed by atoms with Crippen molar-refractivity contribution in [1.82, 2.24) is 10.2 Å². The Balaban J connectivity index is 3.97. The van der Waals surface area contributed by atoms with E-state index < -0.39 is 5.91 Å². The molecule has 0 aliphatic heterocycles. The number of rotatable bonds is 6. The second-order valence-corrected chi connectivity index (χ2v) is 3.37. The van der Waals surface area contributed by atoms with Gasteiger partial charge in [-0.05, 0) is 6.54 Å². The average Bonchev–Trinajstić information content (AvgIpc) is 2.11. The molecule has 0 rings (SSSR count). The molecule has 5 nitrogen and oxygen atoms in total. The van der Waals surface area contributed by atoms with Crippen molar-refractivity contribution in [3.63, 3.8) is 0 Å². The van der Waals surface area contributed by atoms with Gasteiger partial charge < -0.3 is 16.0 Å². The van der Waals surface area contributed by atoms with Gasteiger partial charge in [-0.15, -0.1) is 0 Å². The van der Waals surface area contributed by atoms with Gasteiger partial charge >= 0.3 is 0 Å². The minimum absolute atomic E-state index is 0.0186. The fraction of sp³-hybridized carbons (Fsp3) is 0.778. The number of primary amides is 1. The summed E-state index contributed by atoms with van der Waals surface area (Å²) in [5.74, 6) is -0.680. The van der Waals surface area contributed by atoms with Gasteiger partial charge in [0.1, 0.15) is 0 Å². The predicted molar refractivity (Wildman–Crippen MR) is 54.5 cm³/mol. The molecule has 0 bridgehead atoms. The fourth-order valence-electron chi connectivity index (χ4n) is 1.14. The first-order valence-corrected chi connectivity index (χ1v) is 4.73. The SMILES string of the molecule is CCNCC(C)C(=O)N(C)CC(N)=O. The summed E-state index contributed by atoms with van der Waals surface area (Å²) in [7, 11) is 1.58. The van der Waals surface area contributed by atoms with E-state index in [1.807, 2.05) is 13.8 Å². The van der Waals surface area contributed by atoms with Gasteiger partial charge in [-0.1, -0.05) is 13.8 Å². The molecule has 0 radical (unpaired) electrons. The van der Waals surface area contributed by atoms with Gasteiger partial charge in [0.15, 0.2) is 0 Å². The monoisotopic (exact) mass is 201 g/mol. The smallest absolute Gasteiger partial charge is 0.237 e. The number of nitrogens with two attached hydrogens (primary N) is 1. The highest BCUT2D eigenvalue weighted by Gasteiger charge is 2.17. The number of hydrogen-bond acceptors (Lipinski definition) is 3. The topological polar surface area (TPSA) is 75.4 Å². The van der Waals surface area contributed by atoms with Crippen molar-refractivity contribution in [2.45, 2.75) is 13.8 Å². The second-order valence-electron chi connectivity index (χ2n) is 3.37. The lowest BCUT2D eigenvalue weighted by Gasteiger charge is -2.19. The standard InChI is InChI=1S/C9H19N3O2/c1-4-11-5-7(2)9(14)12(3)6-8(10)13/h7,11H,4-6H2,1-3H3,(H2,10,13). The molecule has 82 valence electrons. The fourth-order valence-corrected chi connectivity index (χ4v) is 1.14. The Hall–Kier alpha value is -1.10. The highest BCUT2D eigenvalue weighted by atomic mass is 16.2. The summed E-state index contributed by atoms with van der Waals surface area (Å²) in [5.41, 5.74) is 4.98. The van der Waals surface area contributed by atoms with Crippen LogP contribution in [0.4, 0.5) is 0 Å². The highest BCUT2D eigenvalue weighted by molar-refractivity contribution is 5.84. The summed E-state index contributed by atoms with van der Waals surface area (Å²) < 4.78 is 0. The maximum atomic E-state index is 11.6. The summed E-state index contributed by atoms with van der Waals surface area (Å²) in [6, 6.07) is 0. The quantitative estimate of drug-likeness (QED) is 0.589. The third-order valence-corrected chi connectivity index (χ3v) is 1.89. The van der Waals surface area contributed by atoms with Crippen molar-refractivity contribution in [3.05, 3.63) is 0 Å². The lowest BCUT2D eigenvalue weighted by Crippen LogP contribution is -2.41. The van der Waals surface area contributed by atoms with Gasteiger partial charge in [0.05, 0.1) is 6.54 Å². The van der Waals surface area contributed by atoms with Crippen LogP contribution in [0.2, 0.25) is 0 Å². The van der Waals surface area contributed by atoms with Crippen LogP contribution < -0.4 is 11.1 Å². The van der Waals surface area contributed by atoms with Gasteiger partial charge in [-0.25, -0.2) is 0 Å².